The maximum atomic E-state index is 10.5. The highest BCUT2D eigenvalue weighted by Crippen LogP contribution is 2.44. The molecule has 1 fully saturated rings. The molecule has 2 aromatic carbocycles. The number of phenols is 1. The third-order valence-electron chi connectivity index (χ3n) is 5.14. The zero-order valence-electron chi connectivity index (χ0n) is 12.9. The first-order valence-electron chi connectivity index (χ1n) is 8.03. The molecule has 1 saturated heterocycles. The molecule has 0 radical (unpaired) electrons. The summed E-state index contributed by atoms with van der Waals surface area (Å²) in [5.41, 5.74) is 3.72. The van der Waals surface area contributed by atoms with Crippen LogP contribution in [0, 0.1) is 0 Å². The van der Waals surface area contributed by atoms with Crippen molar-refractivity contribution in [1.82, 2.24) is 9.80 Å². The van der Waals surface area contributed by atoms with E-state index in [1.54, 1.807) is 0 Å². The van der Waals surface area contributed by atoms with E-state index in [-0.39, 0.29) is 5.92 Å². The first-order chi connectivity index (χ1) is 10.7. The van der Waals surface area contributed by atoms with Crippen LogP contribution in [0.4, 0.5) is 0 Å². The highest BCUT2D eigenvalue weighted by Gasteiger charge is 2.37. The van der Waals surface area contributed by atoms with Crippen molar-refractivity contribution in [3.8, 4) is 5.75 Å². The summed E-state index contributed by atoms with van der Waals surface area (Å²) in [6, 6.07) is 17.0. The van der Waals surface area contributed by atoms with Gasteiger partial charge < -0.3 is 10.0 Å². The van der Waals surface area contributed by atoms with Gasteiger partial charge >= 0.3 is 0 Å². The van der Waals surface area contributed by atoms with Crippen molar-refractivity contribution in [2.45, 2.75) is 12.0 Å². The van der Waals surface area contributed by atoms with E-state index in [0.29, 0.717) is 11.8 Å². The van der Waals surface area contributed by atoms with Gasteiger partial charge in [0.2, 0.25) is 0 Å². The van der Waals surface area contributed by atoms with Gasteiger partial charge in [0.05, 0.1) is 0 Å². The predicted molar refractivity (Wildman–Crippen MR) is 88.2 cm³/mol. The molecule has 0 spiro atoms. The van der Waals surface area contributed by atoms with Gasteiger partial charge in [0.1, 0.15) is 5.75 Å². The van der Waals surface area contributed by atoms with E-state index in [2.05, 4.69) is 53.2 Å². The van der Waals surface area contributed by atoms with Gasteiger partial charge in [0.15, 0.2) is 0 Å². The summed E-state index contributed by atoms with van der Waals surface area (Å²) in [5, 5.41) is 10.5. The standard InChI is InChI=1S/C19H22N2O/c1-20-10-11-21-12-16(14-6-3-2-4-7-14)19-15(17(21)13-20)8-5-9-18(19)22/h2-9,16-17,22H,10-13H2,1H3/t16-,17+/m1/s1. The topological polar surface area (TPSA) is 26.7 Å². The average molecular weight is 294 g/mol. The zero-order chi connectivity index (χ0) is 15.1. The summed E-state index contributed by atoms with van der Waals surface area (Å²) < 4.78 is 0. The second kappa shape index (κ2) is 5.41. The number of nitrogens with zero attached hydrogens (tertiary/aromatic N) is 2. The monoisotopic (exact) mass is 294 g/mol. The SMILES string of the molecule is CN1CCN2C[C@H](c3ccccc3)c3c(O)cccc3[C@@H]2C1. The lowest BCUT2D eigenvalue weighted by Gasteiger charge is -2.46. The van der Waals surface area contributed by atoms with Crippen LogP contribution in [0.3, 0.4) is 0 Å². The molecule has 0 bridgehead atoms. The number of phenolic OH excluding ortho intramolecular Hbond substituents is 1. The Labute approximate surface area is 131 Å². The maximum Gasteiger partial charge on any atom is 0.119 e. The smallest absolute Gasteiger partial charge is 0.119 e. The van der Waals surface area contributed by atoms with Gasteiger partial charge in [0.25, 0.3) is 0 Å². The first kappa shape index (κ1) is 13.8. The summed E-state index contributed by atoms with van der Waals surface area (Å²) >= 11 is 0. The normalized spacial score (nSPS) is 25.5. The Kier molecular flexibility index (Phi) is 3.40. The molecule has 0 aromatic heterocycles. The van der Waals surface area contributed by atoms with Crippen LogP contribution >= 0.6 is 0 Å². The van der Waals surface area contributed by atoms with Crippen molar-refractivity contribution in [3.63, 3.8) is 0 Å². The van der Waals surface area contributed by atoms with Crippen molar-refractivity contribution in [1.29, 1.82) is 0 Å². The average Bonchev–Trinajstić information content (AvgIpc) is 2.55. The molecular weight excluding hydrogens is 272 g/mol. The van der Waals surface area contributed by atoms with Gasteiger partial charge in [-0.05, 0) is 24.2 Å². The number of likely N-dealkylation sites (N-methyl/N-ethyl adjacent to an activating group) is 1. The third kappa shape index (κ3) is 2.21. The molecule has 2 heterocycles. The largest absolute Gasteiger partial charge is 0.508 e. The minimum absolute atomic E-state index is 0.261. The Morgan fingerprint density at radius 1 is 0.955 bits per heavy atom. The van der Waals surface area contributed by atoms with Gasteiger partial charge in [0, 0.05) is 43.7 Å². The molecule has 3 heteroatoms. The summed E-state index contributed by atoms with van der Waals surface area (Å²) in [6.07, 6.45) is 0. The van der Waals surface area contributed by atoms with Crippen LogP contribution in [0.5, 0.6) is 5.75 Å². The molecule has 3 nitrogen and oxygen atoms in total. The molecule has 1 N–H and O–H groups in total. The highest BCUT2D eigenvalue weighted by atomic mass is 16.3. The van der Waals surface area contributed by atoms with Crippen LogP contribution < -0.4 is 0 Å². The van der Waals surface area contributed by atoms with Gasteiger partial charge in [-0.15, -0.1) is 0 Å². The molecule has 0 aliphatic carbocycles. The summed E-state index contributed by atoms with van der Waals surface area (Å²) in [4.78, 5) is 4.97. The fraction of sp³-hybridized carbons (Fsp3) is 0.368. The number of rotatable bonds is 1. The summed E-state index contributed by atoms with van der Waals surface area (Å²) in [5.74, 6) is 0.705. The number of fused-ring (bicyclic) bond motifs is 3. The van der Waals surface area contributed by atoms with E-state index in [1.165, 1.54) is 11.1 Å². The zero-order valence-corrected chi connectivity index (χ0v) is 12.9. The number of piperazine rings is 1. The first-order valence-corrected chi connectivity index (χ1v) is 8.03. The molecule has 0 amide bonds. The second-order valence-electron chi connectivity index (χ2n) is 6.52. The van der Waals surface area contributed by atoms with Crippen LogP contribution in [0.2, 0.25) is 0 Å². The predicted octanol–water partition coefficient (Wildman–Crippen LogP) is 2.83. The second-order valence-corrected chi connectivity index (χ2v) is 6.52. The maximum absolute atomic E-state index is 10.5. The third-order valence-corrected chi connectivity index (χ3v) is 5.14. The molecule has 4 rings (SSSR count). The van der Waals surface area contributed by atoms with Crippen molar-refractivity contribution in [3.05, 3.63) is 65.2 Å². The van der Waals surface area contributed by atoms with Gasteiger partial charge in [-0.25, -0.2) is 0 Å². The van der Waals surface area contributed by atoms with Crippen LogP contribution in [-0.4, -0.2) is 48.1 Å². The van der Waals surface area contributed by atoms with E-state index in [0.717, 1.165) is 31.7 Å². The Balaban J connectivity index is 1.83. The van der Waals surface area contributed by atoms with E-state index in [4.69, 9.17) is 0 Å². The lowest BCUT2D eigenvalue weighted by molar-refractivity contribution is 0.0766. The molecule has 2 aliphatic heterocycles. The minimum atomic E-state index is 0.261. The molecule has 2 aliphatic rings. The fourth-order valence-corrected chi connectivity index (χ4v) is 3.99. The molecule has 2 aromatic rings. The minimum Gasteiger partial charge on any atom is -0.508 e. The van der Waals surface area contributed by atoms with E-state index in [9.17, 15) is 5.11 Å². The summed E-state index contributed by atoms with van der Waals surface area (Å²) in [6.45, 7) is 4.25. The quantitative estimate of drug-likeness (QED) is 0.876. The number of aromatic hydroxyl groups is 1. The van der Waals surface area contributed by atoms with Crippen LogP contribution in [0.1, 0.15) is 28.7 Å². The number of hydrogen-bond donors (Lipinski definition) is 1. The lowest BCUT2D eigenvalue weighted by Crippen LogP contribution is -2.50. The lowest BCUT2D eigenvalue weighted by atomic mass is 9.80. The van der Waals surface area contributed by atoms with Crippen molar-refractivity contribution in [2.75, 3.05) is 33.2 Å². The van der Waals surface area contributed by atoms with Crippen LogP contribution in [-0.2, 0) is 0 Å². The van der Waals surface area contributed by atoms with Crippen LogP contribution in [0.25, 0.3) is 0 Å². The van der Waals surface area contributed by atoms with Crippen molar-refractivity contribution < 1.29 is 5.11 Å². The molecule has 0 unspecified atom stereocenters. The molecule has 114 valence electrons. The van der Waals surface area contributed by atoms with E-state index >= 15 is 0 Å². The Morgan fingerprint density at radius 2 is 1.77 bits per heavy atom. The summed E-state index contributed by atoms with van der Waals surface area (Å²) in [7, 11) is 2.18. The molecule has 2 atom stereocenters. The van der Waals surface area contributed by atoms with Gasteiger partial charge in [-0.2, -0.15) is 0 Å². The Bertz CT molecular complexity index is 670. The van der Waals surface area contributed by atoms with Crippen molar-refractivity contribution >= 4 is 0 Å². The fourth-order valence-electron chi connectivity index (χ4n) is 3.99. The number of benzene rings is 2. The van der Waals surface area contributed by atoms with Gasteiger partial charge in [-0.1, -0.05) is 42.5 Å². The number of hydrogen-bond acceptors (Lipinski definition) is 3. The molecule has 22 heavy (non-hydrogen) atoms. The highest BCUT2D eigenvalue weighted by molar-refractivity contribution is 5.50. The van der Waals surface area contributed by atoms with E-state index in [1.807, 2.05) is 12.1 Å². The molecule has 0 saturated carbocycles. The van der Waals surface area contributed by atoms with E-state index < -0.39 is 0 Å². The molecular formula is C19H22N2O. The van der Waals surface area contributed by atoms with Gasteiger partial charge in [-0.3, -0.25) is 4.90 Å². The Hall–Kier alpha value is -1.84. The van der Waals surface area contributed by atoms with Crippen LogP contribution in [0.15, 0.2) is 48.5 Å². The van der Waals surface area contributed by atoms with Crippen molar-refractivity contribution in [2.24, 2.45) is 0 Å². The Morgan fingerprint density at radius 3 is 2.59 bits per heavy atom.